The Balaban J connectivity index is 1.86. The average molecular weight is 299 g/mol. The van der Waals surface area contributed by atoms with Crippen molar-refractivity contribution in [3.63, 3.8) is 0 Å². The third-order valence-corrected chi connectivity index (χ3v) is 4.26. The summed E-state index contributed by atoms with van der Waals surface area (Å²) in [5.74, 6) is 0. The summed E-state index contributed by atoms with van der Waals surface area (Å²) in [6.45, 7) is 0.690. The Labute approximate surface area is 131 Å². The lowest BCUT2D eigenvalue weighted by Crippen LogP contribution is -2.01. The van der Waals surface area contributed by atoms with Gasteiger partial charge in [0.2, 0.25) is 0 Å². The van der Waals surface area contributed by atoms with Crippen LogP contribution >= 0.6 is 0 Å². The zero-order chi connectivity index (χ0) is 15.2. The minimum absolute atomic E-state index is 0.690. The van der Waals surface area contributed by atoms with E-state index in [1.807, 2.05) is 41.1 Å². The van der Waals surface area contributed by atoms with E-state index in [0.717, 1.165) is 32.8 Å². The molecule has 5 rings (SSSR count). The Morgan fingerprint density at radius 3 is 2.48 bits per heavy atom. The van der Waals surface area contributed by atoms with Crippen molar-refractivity contribution in [2.75, 3.05) is 0 Å². The van der Waals surface area contributed by atoms with Gasteiger partial charge in [-0.3, -0.25) is 0 Å². The molecular formula is C19H13N3O. The lowest BCUT2D eigenvalue weighted by atomic mass is 10.1. The van der Waals surface area contributed by atoms with E-state index in [1.54, 1.807) is 6.26 Å². The molecule has 2 aromatic heterocycles. The number of aromatic nitrogens is 3. The van der Waals surface area contributed by atoms with Crippen LogP contribution in [0.3, 0.4) is 0 Å². The minimum atomic E-state index is 0.690. The number of rotatable bonds is 2. The molecule has 23 heavy (non-hydrogen) atoms. The monoisotopic (exact) mass is 299 g/mol. The van der Waals surface area contributed by atoms with E-state index in [1.165, 1.54) is 5.56 Å². The summed E-state index contributed by atoms with van der Waals surface area (Å²) in [7, 11) is 0. The van der Waals surface area contributed by atoms with Gasteiger partial charge in [-0.1, -0.05) is 59.8 Å². The highest BCUT2D eigenvalue weighted by molar-refractivity contribution is 6.21. The van der Waals surface area contributed by atoms with Gasteiger partial charge in [0, 0.05) is 16.2 Å². The van der Waals surface area contributed by atoms with Gasteiger partial charge in [-0.15, -0.1) is 5.10 Å². The summed E-state index contributed by atoms with van der Waals surface area (Å²) in [5, 5.41) is 12.0. The second kappa shape index (κ2) is 4.68. The molecule has 3 aromatic carbocycles. The van der Waals surface area contributed by atoms with Crippen molar-refractivity contribution in [2.24, 2.45) is 0 Å². The van der Waals surface area contributed by atoms with Crippen LogP contribution in [0.4, 0.5) is 0 Å². The molecule has 110 valence electrons. The van der Waals surface area contributed by atoms with Crippen molar-refractivity contribution in [3.05, 3.63) is 72.5 Å². The Hall–Kier alpha value is -3.14. The molecular weight excluding hydrogens is 286 g/mol. The molecule has 0 atom stereocenters. The average Bonchev–Trinajstić information content (AvgIpc) is 3.23. The van der Waals surface area contributed by atoms with Crippen LogP contribution in [0.2, 0.25) is 0 Å². The van der Waals surface area contributed by atoms with Crippen molar-refractivity contribution in [1.82, 2.24) is 15.0 Å². The Morgan fingerprint density at radius 2 is 1.61 bits per heavy atom. The van der Waals surface area contributed by atoms with E-state index < -0.39 is 0 Å². The van der Waals surface area contributed by atoms with E-state index in [-0.39, 0.29) is 0 Å². The molecule has 2 heterocycles. The molecule has 0 bridgehead atoms. The van der Waals surface area contributed by atoms with Crippen LogP contribution in [0.25, 0.3) is 32.8 Å². The zero-order valence-corrected chi connectivity index (χ0v) is 12.3. The summed E-state index contributed by atoms with van der Waals surface area (Å²) in [6, 6.07) is 20.5. The molecule has 0 unspecified atom stereocenters. The van der Waals surface area contributed by atoms with Crippen molar-refractivity contribution in [1.29, 1.82) is 0 Å². The molecule has 0 spiro atoms. The fourth-order valence-electron chi connectivity index (χ4n) is 3.22. The van der Waals surface area contributed by atoms with E-state index in [2.05, 4.69) is 34.6 Å². The molecule has 0 amide bonds. The van der Waals surface area contributed by atoms with Crippen LogP contribution in [0, 0.1) is 0 Å². The molecule has 4 heteroatoms. The standard InChI is InChI=1S/C19H13N3O/c1-2-6-13(7-3-1)12-22-18-16-10-11-23-19(16)15-9-5-4-8-14(15)17(18)20-21-22/h1-11H,12H2. The van der Waals surface area contributed by atoms with Crippen LogP contribution in [0.1, 0.15) is 5.56 Å². The van der Waals surface area contributed by atoms with Gasteiger partial charge < -0.3 is 4.42 Å². The smallest absolute Gasteiger partial charge is 0.143 e. The van der Waals surface area contributed by atoms with Gasteiger partial charge in [0.1, 0.15) is 16.6 Å². The van der Waals surface area contributed by atoms with Crippen LogP contribution in [0.15, 0.2) is 71.3 Å². The second-order valence-corrected chi connectivity index (χ2v) is 5.64. The first-order valence-corrected chi connectivity index (χ1v) is 7.57. The predicted octanol–water partition coefficient (Wildman–Crippen LogP) is 4.38. The molecule has 0 aliphatic heterocycles. The third-order valence-electron chi connectivity index (χ3n) is 4.26. The fourth-order valence-corrected chi connectivity index (χ4v) is 3.22. The highest BCUT2D eigenvalue weighted by atomic mass is 16.3. The third kappa shape index (κ3) is 1.78. The largest absolute Gasteiger partial charge is 0.464 e. The Bertz CT molecular complexity index is 1140. The van der Waals surface area contributed by atoms with Crippen LogP contribution in [0.5, 0.6) is 0 Å². The van der Waals surface area contributed by atoms with Gasteiger partial charge in [0.05, 0.1) is 12.8 Å². The van der Waals surface area contributed by atoms with Gasteiger partial charge in [-0.25, -0.2) is 4.68 Å². The van der Waals surface area contributed by atoms with Gasteiger partial charge in [0.25, 0.3) is 0 Å². The number of nitrogens with zero attached hydrogens (tertiary/aromatic N) is 3. The highest BCUT2D eigenvalue weighted by Crippen LogP contribution is 2.34. The minimum Gasteiger partial charge on any atom is -0.464 e. The van der Waals surface area contributed by atoms with E-state index in [0.29, 0.717) is 6.54 Å². The molecule has 0 saturated heterocycles. The van der Waals surface area contributed by atoms with Crippen molar-refractivity contribution < 1.29 is 4.42 Å². The second-order valence-electron chi connectivity index (χ2n) is 5.64. The zero-order valence-electron chi connectivity index (χ0n) is 12.3. The molecule has 0 aliphatic rings. The number of fused-ring (bicyclic) bond motifs is 6. The lowest BCUT2D eigenvalue weighted by molar-refractivity contribution is 0.619. The molecule has 0 radical (unpaired) electrons. The van der Waals surface area contributed by atoms with Gasteiger partial charge in [-0.2, -0.15) is 0 Å². The Morgan fingerprint density at radius 1 is 0.826 bits per heavy atom. The van der Waals surface area contributed by atoms with Gasteiger partial charge >= 0.3 is 0 Å². The topological polar surface area (TPSA) is 43.9 Å². The maximum atomic E-state index is 5.74. The van der Waals surface area contributed by atoms with Crippen LogP contribution in [-0.4, -0.2) is 15.0 Å². The normalized spacial score (nSPS) is 11.7. The molecule has 5 aromatic rings. The number of hydrogen-bond donors (Lipinski definition) is 0. The summed E-state index contributed by atoms with van der Waals surface area (Å²) in [4.78, 5) is 0. The molecule has 0 fully saturated rings. The first-order valence-electron chi connectivity index (χ1n) is 7.57. The van der Waals surface area contributed by atoms with Gasteiger partial charge in [-0.05, 0) is 11.6 Å². The quantitative estimate of drug-likeness (QED) is 0.486. The van der Waals surface area contributed by atoms with Crippen LogP contribution in [-0.2, 0) is 6.54 Å². The number of benzene rings is 3. The van der Waals surface area contributed by atoms with Crippen molar-refractivity contribution in [2.45, 2.75) is 6.54 Å². The number of hydrogen-bond acceptors (Lipinski definition) is 3. The maximum Gasteiger partial charge on any atom is 0.143 e. The van der Waals surface area contributed by atoms with Crippen molar-refractivity contribution in [3.8, 4) is 0 Å². The first kappa shape index (κ1) is 12.4. The van der Waals surface area contributed by atoms with Crippen LogP contribution < -0.4 is 0 Å². The first-order chi connectivity index (χ1) is 11.4. The maximum absolute atomic E-state index is 5.74. The summed E-state index contributed by atoms with van der Waals surface area (Å²) in [5.41, 5.74) is 4.04. The molecule has 0 N–H and O–H groups in total. The molecule has 4 nitrogen and oxygen atoms in total. The summed E-state index contributed by atoms with van der Waals surface area (Å²) in [6.07, 6.45) is 1.73. The molecule has 0 aliphatic carbocycles. The number of furan rings is 1. The van der Waals surface area contributed by atoms with E-state index in [9.17, 15) is 0 Å². The SMILES string of the molecule is c1ccc(Cn2nnc3c4ccccc4c4occc4c32)cc1. The molecule has 0 saturated carbocycles. The lowest BCUT2D eigenvalue weighted by Gasteiger charge is -2.05. The Kier molecular flexibility index (Phi) is 2.52. The summed E-state index contributed by atoms with van der Waals surface area (Å²) >= 11 is 0. The highest BCUT2D eigenvalue weighted by Gasteiger charge is 2.16. The van der Waals surface area contributed by atoms with E-state index >= 15 is 0 Å². The predicted molar refractivity (Wildman–Crippen MR) is 90.4 cm³/mol. The summed E-state index contributed by atoms with van der Waals surface area (Å²) < 4.78 is 7.70. The van der Waals surface area contributed by atoms with Crippen molar-refractivity contribution >= 4 is 32.8 Å². The fraction of sp³-hybridized carbons (Fsp3) is 0.0526. The van der Waals surface area contributed by atoms with Gasteiger partial charge in [0.15, 0.2) is 0 Å². The van der Waals surface area contributed by atoms with E-state index in [4.69, 9.17) is 4.42 Å².